The van der Waals surface area contributed by atoms with Crippen LogP contribution in [0.2, 0.25) is 0 Å². The number of halogens is 1. The van der Waals surface area contributed by atoms with Gasteiger partial charge in [-0.25, -0.2) is 0 Å². The topological polar surface area (TPSA) is 17.8 Å². The third kappa shape index (κ3) is 2.56. The van der Waals surface area contributed by atoms with Crippen molar-refractivity contribution in [2.24, 2.45) is 5.92 Å². The average Bonchev–Trinajstić information content (AvgIpc) is 2.29. The monoisotopic (exact) mass is 244 g/mol. The summed E-state index contributed by atoms with van der Waals surface area (Å²) in [5.41, 5.74) is 2.32. The Kier molecular flexibility index (Phi) is 3.54. The molecule has 1 heterocycles. The van der Waals surface area contributed by atoms with Gasteiger partial charge in [-0.2, -0.15) is 5.10 Å². The van der Waals surface area contributed by atoms with Gasteiger partial charge < -0.3 is 0 Å². The van der Waals surface area contributed by atoms with Crippen molar-refractivity contribution >= 4 is 15.9 Å². The lowest BCUT2D eigenvalue weighted by molar-refractivity contribution is 0.479. The van der Waals surface area contributed by atoms with Gasteiger partial charge in [0.05, 0.1) is 10.2 Å². The molecule has 1 aromatic rings. The maximum atomic E-state index is 4.45. The second kappa shape index (κ2) is 4.27. The summed E-state index contributed by atoms with van der Waals surface area (Å²) >= 11 is 3.52. The summed E-state index contributed by atoms with van der Waals surface area (Å²) in [4.78, 5) is 0. The molecule has 13 heavy (non-hydrogen) atoms. The van der Waals surface area contributed by atoms with Crippen molar-refractivity contribution in [1.29, 1.82) is 0 Å². The first kappa shape index (κ1) is 10.8. The van der Waals surface area contributed by atoms with Gasteiger partial charge in [-0.15, -0.1) is 0 Å². The normalized spacial score (nSPS) is 11.2. The quantitative estimate of drug-likeness (QED) is 0.798. The van der Waals surface area contributed by atoms with E-state index in [0.717, 1.165) is 22.6 Å². The lowest BCUT2D eigenvalue weighted by atomic mass is 10.1. The minimum Gasteiger partial charge on any atom is -0.268 e. The fraction of sp³-hybridized carbons (Fsp3) is 0.700. The molecule has 0 fully saturated rings. The van der Waals surface area contributed by atoms with Gasteiger partial charge >= 0.3 is 0 Å². The molecule has 0 unspecified atom stereocenters. The molecule has 1 aromatic heterocycles. The van der Waals surface area contributed by atoms with Crippen molar-refractivity contribution in [2.45, 2.75) is 40.7 Å². The predicted octanol–water partition coefficient (Wildman–Crippen LogP) is 3.31. The minimum atomic E-state index is 0.739. The van der Waals surface area contributed by atoms with Gasteiger partial charge in [0.2, 0.25) is 0 Å². The maximum Gasteiger partial charge on any atom is 0.0738 e. The largest absolute Gasteiger partial charge is 0.268 e. The van der Waals surface area contributed by atoms with Crippen molar-refractivity contribution in [3.05, 3.63) is 15.9 Å². The third-order valence-corrected chi connectivity index (χ3v) is 3.36. The molecule has 0 saturated carbocycles. The Balaban J connectivity index is 2.72. The van der Waals surface area contributed by atoms with Gasteiger partial charge in [-0.05, 0) is 42.1 Å². The molecule has 0 N–H and O–H groups in total. The Labute approximate surface area is 88.5 Å². The van der Waals surface area contributed by atoms with Crippen LogP contribution < -0.4 is 0 Å². The summed E-state index contributed by atoms with van der Waals surface area (Å²) < 4.78 is 3.23. The van der Waals surface area contributed by atoms with E-state index in [-0.39, 0.29) is 0 Å². The maximum absolute atomic E-state index is 4.45. The molecule has 3 heteroatoms. The van der Waals surface area contributed by atoms with Crippen LogP contribution in [-0.4, -0.2) is 9.78 Å². The van der Waals surface area contributed by atoms with Crippen molar-refractivity contribution in [3.8, 4) is 0 Å². The number of rotatable bonds is 3. The van der Waals surface area contributed by atoms with Gasteiger partial charge in [0, 0.05) is 12.2 Å². The minimum absolute atomic E-state index is 0.739. The van der Waals surface area contributed by atoms with E-state index < -0.39 is 0 Å². The van der Waals surface area contributed by atoms with E-state index in [4.69, 9.17) is 0 Å². The second-order valence-corrected chi connectivity index (χ2v) is 4.68. The van der Waals surface area contributed by atoms with Gasteiger partial charge in [0.15, 0.2) is 0 Å². The molecular weight excluding hydrogens is 228 g/mol. The Hall–Kier alpha value is -0.310. The van der Waals surface area contributed by atoms with Gasteiger partial charge in [0.1, 0.15) is 0 Å². The van der Waals surface area contributed by atoms with Crippen LogP contribution in [0.1, 0.15) is 31.7 Å². The van der Waals surface area contributed by atoms with E-state index in [1.54, 1.807) is 0 Å². The highest BCUT2D eigenvalue weighted by molar-refractivity contribution is 9.10. The van der Waals surface area contributed by atoms with Crippen LogP contribution in [0, 0.1) is 19.8 Å². The Morgan fingerprint density at radius 3 is 2.38 bits per heavy atom. The molecule has 0 aliphatic rings. The molecule has 74 valence electrons. The second-order valence-electron chi connectivity index (χ2n) is 3.89. The van der Waals surface area contributed by atoms with Crippen LogP contribution in [0.25, 0.3) is 0 Å². The molecular formula is C10H17BrN2. The summed E-state index contributed by atoms with van der Waals surface area (Å²) in [6.07, 6.45) is 1.19. The molecule has 2 nitrogen and oxygen atoms in total. The molecule has 0 radical (unpaired) electrons. The van der Waals surface area contributed by atoms with Crippen molar-refractivity contribution in [2.75, 3.05) is 0 Å². The van der Waals surface area contributed by atoms with Crippen molar-refractivity contribution < 1.29 is 0 Å². The first-order chi connectivity index (χ1) is 6.02. The Bertz CT molecular complexity index is 289. The number of aryl methyl sites for hydroxylation is 2. The number of nitrogens with zero attached hydrogens (tertiary/aromatic N) is 2. The van der Waals surface area contributed by atoms with E-state index in [0.29, 0.717) is 0 Å². The Morgan fingerprint density at radius 1 is 1.38 bits per heavy atom. The molecule has 0 atom stereocenters. The lowest BCUT2D eigenvalue weighted by Gasteiger charge is -2.06. The van der Waals surface area contributed by atoms with Crippen LogP contribution in [0.5, 0.6) is 0 Å². The van der Waals surface area contributed by atoms with Gasteiger partial charge in [-0.3, -0.25) is 4.68 Å². The van der Waals surface area contributed by atoms with E-state index in [1.165, 1.54) is 12.1 Å². The lowest BCUT2D eigenvalue weighted by Crippen LogP contribution is -2.05. The summed E-state index contributed by atoms with van der Waals surface area (Å²) in [6.45, 7) is 9.63. The van der Waals surface area contributed by atoms with E-state index in [2.05, 4.69) is 46.5 Å². The molecule has 1 rings (SSSR count). The summed E-state index contributed by atoms with van der Waals surface area (Å²) in [7, 11) is 0. The Morgan fingerprint density at radius 2 is 2.00 bits per heavy atom. The van der Waals surface area contributed by atoms with Crippen molar-refractivity contribution in [1.82, 2.24) is 9.78 Å². The first-order valence-corrected chi connectivity index (χ1v) is 5.51. The third-order valence-electron chi connectivity index (χ3n) is 2.21. The predicted molar refractivity (Wildman–Crippen MR) is 58.9 cm³/mol. The zero-order chi connectivity index (χ0) is 10.0. The van der Waals surface area contributed by atoms with Gasteiger partial charge in [0.25, 0.3) is 0 Å². The molecule has 0 bridgehead atoms. The average molecular weight is 245 g/mol. The molecule has 0 spiro atoms. The summed E-state index contributed by atoms with van der Waals surface area (Å²) in [5, 5.41) is 4.45. The van der Waals surface area contributed by atoms with Crippen molar-refractivity contribution in [3.63, 3.8) is 0 Å². The number of hydrogen-bond donors (Lipinski definition) is 0. The SMILES string of the molecule is Cc1nn(CCC(C)C)c(C)c1Br. The fourth-order valence-corrected chi connectivity index (χ4v) is 1.56. The highest BCUT2D eigenvalue weighted by Gasteiger charge is 2.08. The number of hydrogen-bond acceptors (Lipinski definition) is 1. The first-order valence-electron chi connectivity index (χ1n) is 4.72. The highest BCUT2D eigenvalue weighted by atomic mass is 79.9. The summed E-state index contributed by atoms with van der Waals surface area (Å²) in [6, 6.07) is 0. The molecule has 0 aliphatic heterocycles. The van der Waals surface area contributed by atoms with E-state index >= 15 is 0 Å². The highest BCUT2D eigenvalue weighted by Crippen LogP contribution is 2.20. The van der Waals surface area contributed by atoms with Crippen LogP contribution in [-0.2, 0) is 6.54 Å². The molecule has 0 aromatic carbocycles. The van der Waals surface area contributed by atoms with Crippen LogP contribution in [0.3, 0.4) is 0 Å². The van der Waals surface area contributed by atoms with Crippen LogP contribution >= 0.6 is 15.9 Å². The molecule has 0 saturated heterocycles. The van der Waals surface area contributed by atoms with E-state index in [1.807, 2.05) is 6.92 Å². The molecule has 0 aliphatic carbocycles. The standard InChI is InChI=1S/C10H17BrN2/c1-7(2)5-6-13-9(4)10(11)8(3)12-13/h7H,5-6H2,1-4H3. The number of aromatic nitrogens is 2. The molecule has 0 amide bonds. The fourth-order valence-electron chi connectivity index (χ4n) is 1.27. The van der Waals surface area contributed by atoms with E-state index in [9.17, 15) is 0 Å². The van der Waals surface area contributed by atoms with Crippen LogP contribution in [0.15, 0.2) is 4.47 Å². The summed E-state index contributed by atoms with van der Waals surface area (Å²) in [5.74, 6) is 0.739. The zero-order valence-electron chi connectivity index (χ0n) is 8.76. The van der Waals surface area contributed by atoms with Gasteiger partial charge in [-0.1, -0.05) is 13.8 Å². The van der Waals surface area contributed by atoms with Crippen LogP contribution in [0.4, 0.5) is 0 Å². The zero-order valence-corrected chi connectivity index (χ0v) is 10.3. The smallest absolute Gasteiger partial charge is 0.0738 e.